The average molecular weight is 234 g/mol. The molecule has 1 aromatic rings. The zero-order valence-corrected chi connectivity index (χ0v) is 8.66. The van der Waals surface area contributed by atoms with Gasteiger partial charge in [0.1, 0.15) is 11.6 Å². The third-order valence-electron chi connectivity index (χ3n) is 1.66. The second-order valence-corrected chi connectivity index (χ2v) is 3.14. The van der Waals surface area contributed by atoms with Crippen molar-refractivity contribution in [3.63, 3.8) is 0 Å². The third-order valence-corrected chi connectivity index (χ3v) is 1.96. The molecule has 0 fully saturated rings. The Labute approximate surface area is 91.3 Å². The lowest BCUT2D eigenvalue weighted by Crippen LogP contribution is -2.32. The second-order valence-electron chi connectivity index (χ2n) is 2.73. The molecule has 2 N–H and O–H groups in total. The number of ether oxygens (including phenoxy) is 2. The van der Waals surface area contributed by atoms with E-state index in [0.29, 0.717) is 0 Å². The van der Waals surface area contributed by atoms with Crippen molar-refractivity contribution in [2.24, 2.45) is 0 Å². The zero-order chi connectivity index (χ0) is 11.4. The van der Waals surface area contributed by atoms with Crippen LogP contribution in [0.2, 0.25) is 5.02 Å². The van der Waals surface area contributed by atoms with Crippen molar-refractivity contribution in [3.8, 4) is 5.75 Å². The molecule has 0 aliphatic heterocycles. The standard InChI is InChI=1S/C8H9BClFO4/c1-14-4-15-8-3-7(11)5(9(12)13)2-6(8)10/h2-3,12-13H,4H2,1H3. The molecule has 1 rings (SSSR count). The smallest absolute Gasteiger partial charge is 0.466 e. The van der Waals surface area contributed by atoms with Crippen molar-refractivity contribution < 1.29 is 23.9 Å². The maximum Gasteiger partial charge on any atom is 0.491 e. The Morgan fingerprint density at radius 2 is 2.13 bits per heavy atom. The topological polar surface area (TPSA) is 58.9 Å². The fraction of sp³-hybridized carbons (Fsp3) is 0.250. The monoisotopic (exact) mass is 234 g/mol. The van der Waals surface area contributed by atoms with Gasteiger partial charge in [0.05, 0.1) is 5.02 Å². The molecular weight excluding hydrogens is 225 g/mol. The first-order valence-corrected chi connectivity index (χ1v) is 4.41. The second kappa shape index (κ2) is 5.32. The quantitative estimate of drug-likeness (QED) is 0.575. The molecule has 7 heteroatoms. The van der Waals surface area contributed by atoms with Crippen molar-refractivity contribution in [3.05, 3.63) is 23.0 Å². The van der Waals surface area contributed by atoms with Gasteiger partial charge in [0, 0.05) is 18.6 Å². The van der Waals surface area contributed by atoms with E-state index >= 15 is 0 Å². The highest BCUT2D eigenvalue weighted by Crippen LogP contribution is 2.24. The summed E-state index contributed by atoms with van der Waals surface area (Å²) in [5.74, 6) is -0.721. The summed E-state index contributed by atoms with van der Waals surface area (Å²) in [6.07, 6.45) is 0. The van der Waals surface area contributed by atoms with Crippen molar-refractivity contribution in [1.82, 2.24) is 0 Å². The van der Waals surface area contributed by atoms with Crippen LogP contribution in [0.4, 0.5) is 4.39 Å². The minimum absolute atomic E-state index is 0.0693. The summed E-state index contributed by atoms with van der Waals surface area (Å²) in [6.45, 7) is -0.0693. The molecule has 0 bridgehead atoms. The summed E-state index contributed by atoms with van der Waals surface area (Å²) in [5, 5.41) is 17.7. The van der Waals surface area contributed by atoms with Gasteiger partial charge in [0.2, 0.25) is 0 Å². The van der Waals surface area contributed by atoms with Crippen LogP contribution in [0.25, 0.3) is 0 Å². The van der Waals surface area contributed by atoms with Crippen molar-refractivity contribution >= 4 is 24.2 Å². The molecule has 4 nitrogen and oxygen atoms in total. The molecule has 1 aromatic carbocycles. The molecule has 0 saturated heterocycles. The Morgan fingerprint density at radius 1 is 1.47 bits per heavy atom. The van der Waals surface area contributed by atoms with Crippen LogP contribution in [0.1, 0.15) is 0 Å². The molecule has 0 saturated carbocycles. The van der Waals surface area contributed by atoms with Gasteiger partial charge in [-0.25, -0.2) is 4.39 Å². The molecule has 0 atom stereocenters. The lowest BCUT2D eigenvalue weighted by molar-refractivity contribution is 0.0510. The van der Waals surface area contributed by atoms with Gasteiger partial charge in [0.25, 0.3) is 0 Å². The van der Waals surface area contributed by atoms with E-state index in [0.717, 1.165) is 12.1 Å². The number of rotatable bonds is 4. The van der Waals surface area contributed by atoms with Crippen LogP contribution in [-0.2, 0) is 4.74 Å². The Morgan fingerprint density at radius 3 is 2.67 bits per heavy atom. The van der Waals surface area contributed by atoms with Crippen molar-refractivity contribution in [2.45, 2.75) is 0 Å². The summed E-state index contributed by atoms with van der Waals surface area (Å²) in [7, 11) is -0.491. The molecule has 0 unspecified atom stereocenters. The predicted octanol–water partition coefficient (Wildman–Crippen LogP) is 0.142. The summed E-state index contributed by atoms with van der Waals surface area (Å²) in [4.78, 5) is 0. The molecule has 82 valence electrons. The Kier molecular flexibility index (Phi) is 4.35. The predicted molar refractivity (Wildman–Crippen MR) is 53.7 cm³/mol. The fourth-order valence-electron chi connectivity index (χ4n) is 0.975. The normalized spacial score (nSPS) is 10.2. The minimum atomic E-state index is -1.90. The number of methoxy groups -OCH3 is 1. The first-order valence-electron chi connectivity index (χ1n) is 4.03. The lowest BCUT2D eigenvalue weighted by Gasteiger charge is -2.09. The molecule has 0 aromatic heterocycles. The number of benzene rings is 1. The summed E-state index contributed by atoms with van der Waals surface area (Å²) in [6, 6.07) is 2.06. The van der Waals surface area contributed by atoms with Crippen LogP contribution in [-0.4, -0.2) is 31.1 Å². The van der Waals surface area contributed by atoms with E-state index in [1.807, 2.05) is 0 Å². The SMILES string of the molecule is COCOc1cc(F)c(B(O)O)cc1Cl. The van der Waals surface area contributed by atoms with Crippen molar-refractivity contribution in [2.75, 3.05) is 13.9 Å². The highest BCUT2D eigenvalue weighted by molar-refractivity contribution is 6.59. The van der Waals surface area contributed by atoms with Gasteiger partial charge in [0.15, 0.2) is 6.79 Å². The van der Waals surface area contributed by atoms with E-state index < -0.39 is 12.9 Å². The van der Waals surface area contributed by atoms with Crippen LogP contribution >= 0.6 is 11.6 Å². The van der Waals surface area contributed by atoms with Crippen molar-refractivity contribution in [1.29, 1.82) is 0 Å². The molecule has 0 aliphatic carbocycles. The van der Waals surface area contributed by atoms with Crippen LogP contribution in [0, 0.1) is 5.82 Å². The van der Waals surface area contributed by atoms with E-state index in [1.54, 1.807) is 0 Å². The van der Waals surface area contributed by atoms with Crippen LogP contribution in [0.5, 0.6) is 5.75 Å². The van der Waals surface area contributed by atoms with Gasteiger partial charge in [-0.1, -0.05) is 11.6 Å². The van der Waals surface area contributed by atoms with E-state index in [9.17, 15) is 4.39 Å². The largest absolute Gasteiger partial charge is 0.491 e. The first kappa shape index (κ1) is 12.3. The highest BCUT2D eigenvalue weighted by atomic mass is 35.5. The molecule has 0 spiro atoms. The molecule has 0 aliphatic rings. The van der Waals surface area contributed by atoms with Crippen LogP contribution in [0.15, 0.2) is 12.1 Å². The number of hydrogen-bond donors (Lipinski definition) is 2. The molecular formula is C8H9BClFO4. The van der Waals surface area contributed by atoms with E-state index in [1.165, 1.54) is 7.11 Å². The van der Waals surface area contributed by atoms with E-state index in [2.05, 4.69) is 4.74 Å². The zero-order valence-electron chi connectivity index (χ0n) is 7.91. The minimum Gasteiger partial charge on any atom is -0.466 e. The molecule has 0 heterocycles. The van der Waals surface area contributed by atoms with Gasteiger partial charge in [-0.3, -0.25) is 0 Å². The lowest BCUT2D eigenvalue weighted by atomic mass is 9.80. The third kappa shape index (κ3) is 3.07. The Bertz CT molecular complexity index is 348. The van der Waals surface area contributed by atoms with E-state index in [4.69, 9.17) is 26.4 Å². The number of hydrogen-bond acceptors (Lipinski definition) is 4. The van der Waals surface area contributed by atoms with Gasteiger partial charge >= 0.3 is 7.12 Å². The molecule has 15 heavy (non-hydrogen) atoms. The number of halogens is 2. The Balaban J connectivity index is 2.97. The average Bonchev–Trinajstić information content (AvgIpc) is 2.18. The Hall–Kier alpha value is -0.815. The summed E-state index contributed by atoms with van der Waals surface area (Å²) < 4.78 is 22.8. The summed E-state index contributed by atoms with van der Waals surface area (Å²) >= 11 is 5.71. The van der Waals surface area contributed by atoms with E-state index in [-0.39, 0.29) is 23.0 Å². The maximum absolute atomic E-state index is 13.2. The highest BCUT2D eigenvalue weighted by Gasteiger charge is 2.19. The first-order chi connectivity index (χ1) is 7.06. The van der Waals surface area contributed by atoms with Gasteiger partial charge in [-0.15, -0.1) is 0 Å². The van der Waals surface area contributed by atoms with Gasteiger partial charge in [-0.2, -0.15) is 0 Å². The van der Waals surface area contributed by atoms with Gasteiger partial charge < -0.3 is 19.5 Å². The molecule has 0 radical (unpaired) electrons. The van der Waals surface area contributed by atoms with Crippen LogP contribution < -0.4 is 10.2 Å². The van der Waals surface area contributed by atoms with Gasteiger partial charge in [-0.05, 0) is 6.07 Å². The van der Waals surface area contributed by atoms with Crippen LogP contribution in [0.3, 0.4) is 0 Å². The fourth-order valence-corrected chi connectivity index (χ4v) is 1.20. The maximum atomic E-state index is 13.2. The summed E-state index contributed by atoms with van der Waals surface area (Å²) in [5.41, 5.74) is -0.301. The molecule has 0 amide bonds.